The number of anilines is 1. The van der Waals surface area contributed by atoms with Crippen molar-refractivity contribution in [2.45, 2.75) is 44.9 Å². The van der Waals surface area contributed by atoms with Gasteiger partial charge in [0.05, 0.1) is 24.0 Å². The molecule has 0 bridgehead atoms. The Balaban J connectivity index is 1.54. The van der Waals surface area contributed by atoms with E-state index in [4.69, 9.17) is 0 Å². The van der Waals surface area contributed by atoms with E-state index >= 15 is 0 Å². The summed E-state index contributed by atoms with van der Waals surface area (Å²) < 4.78 is 39.3. The number of amides is 3. The standard InChI is InChI=1S/C37H42FN5O5S/c1-25(29-15-17-32(38)18-16-29)41-36(45)30-20-31(22-34(21-30)43(3)49(4,47)48)37(46)42-33(19-27-11-7-5-8-12-27)24-39-26(2)35(44)40-23-28-13-9-6-10-14-28/h5-18,20-22,25-26,33,39H,19,23-24H2,1-4H3,(H,40,44)(H,41,45)(H,42,46)/t25-,26+,33+/m1/s1. The molecule has 0 heterocycles. The molecule has 0 aromatic heterocycles. The quantitative estimate of drug-likeness (QED) is 0.147. The average molecular weight is 688 g/mol. The van der Waals surface area contributed by atoms with Crippen LogP contribution in [0.4, 0.5) is 10.1 Å². The molecule has 0 aliphatic carbocycles. The predicted octanol–water partition coefficient (Wildman–Crippen LogP) is 4.35. The van der Waals surface area contributed by atoms with Crippen LogP contribution < -0.4 is 25.6 Å². The third kappa shape index (κ3) is 11.0. The van der Waals surface area contributed by atoms with Gasteiger partial charge in [0.25, 0.3) is 11.8 Å². The molecule has 12 heteroatoms. The molecule has 0 unspecified atom stereocenters. The lowest BCUT2D eigenvalue weighted by Gasteiger charge is -2.23. The van der Waals surface area contributed by atoms with Crippen molar-refractivity contribution in [3.63, 3.8) is 0 Å². The van der Waals surface area contributed by atoms with E-state index in [0.29, 0.717) is 18.5 Å². The van der Waals surface area contributed by atoms with Gasteiger partial charge >= 0.3 is 0 Å². The molecule has 0 saturated heterocycles. The van der Waals surface area contributed by atoms with Crippen LogP contribution in [0.5, 0.6) is 0 Å². The van der Waals surface area contributed by atoms with Crippen molar-refractivity contribution < 1.29 is 27.2 Å². The molecule has 258 valence electrons. The van der Waals surface area contributed by atoms with Gasteiger partial charge in [-0.05, 0) is 67.3 Å². The highest BCUT2D eigenvalue weighted by Gasteiger charge is 2.23. The monoisotopic (exact) mass is 687 g/mol. The van der Waals surface area contributed by atoms with E-state index in [1.54, 1.807) is 26.0 Å². The minimum atomic E-state index is -3.74. The van der Waals surface area contributed by atoms with Crippen LogP contribution in [-0.2, 0) is 27.8 Å². The van der Waals surface area contributed by atoms with E-state index < -0.39 is 45.8 Å². The Morgan fingerprint density at radius 1 is 0.776 bits per heavy atom. The maximum absolute atomic E-state index is 13.8. The van der Waals surface area contributed by atoms with Gasteiger partial charge in [0, 0.05) is 37.3 Å². The summed E-state index contributed by atoms with van der Waals surface area (Å²) in [6, 6.07) is 27.4. The summed E-state index contributed by atoms with van der Waals surface area (Å²) >= 11 is 0. The second kappa shape index (κ2) is 16.8. The minimum Gasteiger partial charge on any atom is -0.351 e. The van der Waals surface area contributed by atoms with Crippen molar-refractivity contribution in [1.29, 1.82) is 0 Å². The SMILES string of the molecule is C[C@H](NC[C@H](Cc1ccccc1)NC(=O)c1cc(C(=O)N[C@H](C)c2ccc(F)cc2)cc(N(C)S(C)(=O)=O)c1)C(=O)NCc1ccccc1. The Morgan fingerprint density at radius 3 is 1.90 bits per heavy atom. The Hall–Kier alpha value is -5.07. The van der Waals surface area contributed by atoms with E-state index in [1.165, 1.54) is 37.4 Å². The molecular weight excluding hydrogens is 646 g/mol. The van der Waals surface area contributed by atoms with E-state index in [-0.39, 0.29) is 29.3 Å². The van der Waals surface area contributed by atoms with E-state index in [1.807, 2.05) is 60.7 Å². The molecule has 4 aromatic rings. The number of hydrogen-bond donors (Lipinski definition) is 4. The van der Waals surface area contributed by atoms with Crippen molar-refractivity contribution in [2.75, 3.05) is 24.2 Å². The maximum atomic E-state index is 13.8. The molecule has 0 fully saturated rings. The zero-order valence-corrected chi connectivity index (χ0v) is 28.8. The summed E-state index contributed by atoms with van der Waals surface area (Å²) in [7, 11) is -2.40. The summed E-state index contributed by atoms with van der Waals surface area (Å²) in [6.45, 7) is 4.10. The van der Waals surface area contributed by atoms with Crippen LogP contribution >= 0.6 is 0 Å². The number of halogens is 1. The number of sulfonamides is 1. The summed E-state index contributed by atoms with van der Waals surface area (Å²) in [6.07, 6.45) is 1.46. The van der Waals surface area contributed by atoms with Gasteiger partial charge in [0.1, 0.15) is 5.82 Å². The van der Waals surface area contributed by atoms with Crippen molar-refractivity contribution >= 4 is 33.4 Å². The molecule has 4 aromatic carbocycles. The molecule has 4 rings (SSSR count). The zero-order chi connectivity index (χ0) is 35.6. The number of nitrogens with one attached hydrogen (secondary N) is 4. The highest BCUT2D eigenvalue weighted by molar-refractivity contribution is 7.92. The van der Waals surface area contributed by atoms with E-state index in [9.17, 15) is 27.2 Å². The molecule has 3 atom stereocenters. The number of nitrogens with zero attached hydrogens (tertiary/aromatic N) is 1. The summed E-state index contributed by atoms with van der Waals surface area (Å²) in [5, 5.41) is 12.0. The van der Waals surface area contributed by atoms with Gasteiger partial charge in [-0.25, -0.2) is 12.8 Å². The van der Waals surface area contributed by atoms with Crippen LogP contribution in [0.1, 0.15) is 57.3 Å². The van der Waals surface area contributed by atoms with Crippen LogP contribution in [-0.4, -0.2) is 58.1 Å². The number of carbonyl (C=O) groups excluding carboxylic acids is 3. The van der Waals surface area contributed by atoms with Gasteiger partial charge in [0.2, 0.25) is 15.9 Å². The fourth-order valence-electron chi connectivity index (χ4n) is 5.05. The molecule has 4 N–H and O–H groups in total. The van der Waals surface area contributed by atoms with Crippen LogP contribution in [0.15, 0.2) is 103 Å². The fraction of sp³-hybridized carbons (Fsp3) is 0.270. The smallest absolute Gasteiger partial charge is 0.251 e. The first-order valence-electron chi connectivity index (χ1n) is 15.8. The lowest BCUT2D eigenvalue weighted by molar-refractivity contribution is -0.122. The highest BCUT2D eigenvalue weighted by Crippen LogP contribution is 2.22. The molecule has 0 radical (unpaired) electrons. The van der Waals surface area contributed by atoms with E-state index in [0.717, 1.165) is 21.7 Å². The molecule has 49 heavy (non-hydrogen) atoms. The number of benzene rings is 4. The summed E-state index contributed by atoms with van der Waals surface area (Å²) in [4.78, 5) is 40.0. The maximum Gasteiger partial charge on any atom is 0.251 e. The normalized spacial score (nSPS) is 13.1. The molecule has 3 amide bonds. The number of hydrogen-bond acceptors (Lipinski definition) is 6. The van der Waals surface area contributed by atoms with Crippen LogP contribution in [0, 0.1) is 5.82 Å². The van der Waals surface area contributed by atoms with Crippen LogP contribution in [0.2, 0.25) is 0 Å². The van der Waals surface area contributed by atoms with Gasteiger partial charge in [-0.2, -0.15) is 0 Å². The molecule has 0 spiro atoms. The van der Waals surface area contributed by atoms with Crippen molar-refractivity contribution in [3.8, 4) is 0 Å². The lowest BCUT2D eigenvalue weighted by atomic mass is 10.0. The van der Waals surface area contributed by atoms with Gasteiger partial charge in [0.15, 0.2) is 0 Å². The number of carbonyl (C=O) groups is 3. The molecule has 0 aliphatic heterocycles. The predicted molar refractivity (Wildman–Crippen MR) is 189 cm³/mol. The largest absolute Gasteiger partial charge is 0.351 e. The van der Waals surface area contributed by atoms with Crippen molar-refractivity contribution in [2.24, 2.45) is 0 Å². The minimum absolute atomic E-state index is 0.0635. The topological polar surface area (TPSA) is 137 Å². The average Bonchev–Trinajstić information content (AvgIpc) is 3.09. The Labute approximate surface area is 287 Å². The van der Waals surface area contributed by atoms with E-state index in [2.05, 4.69) is 21.3 Å². The van der Waals surface area contributed by atoms with Gasteiger partial charge in [-0.15, -0.1) is 0 Å². The third-order valence-electron chi connectivity index (χ3n) is 8.05. The number of rotatable bonds is 15. The first-order valence-corrected chi connectivity index (χ1v) is 17.7. The molecule has 0 aliphatic rings. The Bertz CT molecular complexity index is 1840. The first kappa shape index (κ1) is 36.8. The zero-order valence-electron chi connectivity index (χ0n) is 27.9. The second-order valence-electron chi connectivity index (χ2n) is 11.9. The third-order valence-corrected chi connectivity index (χ3v) is 9.26. The second-order valence-corrected chi connectivity index (χ2v) is 14.0. The van der Waals surface area contributed by atoms with Crippen LogP contribution in [0.25, 0.3) is 0 Å². The summed E-state index contributed by atoms with van der Waals surface area (Å²) in [5.74, 6) is -1.69. The van der Waals surface area contributed by atoms with Crippen LogP contribution in [0.3, 0.4) is 0 Å². The van der Waals surface area contributed by atoms with Gasteiger partial charge in [-0.3, -0.25) is 18.7 Å². The first-order chi connectivity index (χ1) is 23.3. The van der Waals surface area contributed by atoms with Crippen molar-refractivity contribution in [3.05, 3.63) is 137 Å². The van der Waals surface area contributed by atoms with Gasteiger partial charge < -0.3 is 21.3 Å². The van der Waals surface area contributed by atoms with Gasteiger partial charge in [-0.1, -0.05) is 72.8 Å². The molecular formula is C37H42FN5O5S. The molecule has 10 nitrogen and oxygen atoms in total. The Kier molecular flexibility index (Phi) is 12.6. The molecule has 0 saturated carbocycles. The summed E-state index contributed by atoms with van der Waals surface area (Å²) in [5.41, 5.74) is 2.84. The fourth-order valence-corrected chi connectivity index (χ4v) is 5.54. The van der Waals surface area contributed by atoms with Crippen molar-refractivity contribution in [1.82, 2.24) is 21.3 Å². The Morgan fingerprint density at radius 2 is 1.33 bits per heavy atom. The lowest BCUT2D eigenvalue weighted by Crippen LogP contribution is -2.49. The highest BCUT2D eigenvalue weighted by atomic mass is 32.2.